The summed E-state index contributed by atoms with van der Waals surface area (Å²) in [7, 11) is 0. The molecule has 0 radical (unpaired) electrons. The van der Waals surface area contributed by atoms with Crippen molar-refractivity contribution in [3.8, 4) is 6.07 Å². The van der Waals surface area contributed by atoms with Gasteiger partial charge in [-0.15, -0.1) is 16.4 Å². The molecule has 0 aliphatic heterocycles. The lowest BCUT2D eigenvalue weighted by atomic mass is 10.2. The Morgan fingerprint density at radius 1 is 1.43 bits per heavy atom. The first-order valence-electron chi connectivity index (χ1n) is 6.46. The molecule has 7 nitrogen and oxygen atoms in total. The molecule has 0 atom stereocenters. The predicted octanol–water partition coefficient (Wildman–Crippen LogP) is 3.39. The smallest absolute Gasteiger partial charge is 0.262 e. The Balaban J connectivity index is 1.81. The minimum absolute atomic E-state index is 0.126. The molecule has 9 heteroatoms. The summed E-state index contributed by atoms with van der Waals surface area (Å²) < 4.78 is 0. The molecule has 0 saturated carbocycles. The van der Waals surface area contributed by atoms with Crippen molar-refractivity contribution in [2.45, 2.75) is 16.5 Å². The minimum atomic E-state index is -0.512. The van der Waals surface area contributed by atoms with E-state index in [1.165, 1.54) is 18.2 Å². The monoisotopic (exact) mass is 343 g/mol. The van der Waals surface area contributed by atoms with Crippen molar-refractivity contribution in [2.75, 3.05) is 0 Å². The van der Waals surface area contributed by atoms with Crippen molar-refractivity contribution in [3.63, 3.8) is 0 Å². The van der Waals surface area contributed by atoms with Gasteiger partial charge in [-0.25, -0.2) is 4.98 Å². The van der Waals surface area contributed by atoms with Crippen molar-refractivity contribution < 1.29 is 4.92 Å². The molecule has 0 amide bonds. The summed E-state index contributed by atoms with van der Waals surface area (Å²) >= 11 is 2.72. The van der Waals surface area contributed by atoms with E-state index in [-0.39, 0.29) is 11.3 Å². The van der Waals surface area contributed by atoms with Gasteiger partial charge in [0, 0.05) is 17.4 Å². The van der Waals surface area contributed by atoms with Gasteiger partial charge in [-0.3, -0.25) is 15.2 Å². The molecular weight excluding hydrogens is 334 g/mol. The lowest BCUT2D eigenvalue weighted by molar-refractivity contribution is -0.387. The van der Waals surface area contributed by atoms with Crippen LogP contribution in [-0.4, -0.2) is 20.1 Å². The fourth-order valence-electron chi connectivity index (χ4n) is 1.89. The summed E-state index contributed by atoms with van der Waals surface area (Å²) in [5, 5.41) is 29.3. The molecule has 0 bridgehead atoms. The summed E-state index contributed by atoms with van der Waals surface area (Å²) in [6.45, 7) is 0. The predicted molar refractivity (Wildman–Crippen MR) is 85.4 cm³/mol. The van der Waals surface area contributed by atoms with E-state index in [0.29, 0.717) is 22.3 Å². The van der Waals surface area contributed by atoms with Gasteiger partial charge >= 0.3 is 0 Å². The third kappa shape index (κ3) is 3.56. The molecule has 0 fully saturated rings. The maximum atomic E-state index is 11.1. The highest BCUT2D eigenvalue weighted by Gasteiger charge is 2.18. The zero-order chi connectivity index (χ0) is 16.2. The molecule has 2 heterocycles. The molecule has 0 unspecified atom stereocenters. The van der Waals surface area contributed by atoms with Crippen LogP contribution in [0.4, 0.5) is 5.69 Å². The summed E-state index contributed by atoms with van der Waals surface area (Å²) in [6, 6.07) is 10.2. The first-order valence-corrected chi connectivity index (χ1v) is 8.15. The van der Waals surface area contributed by atoms with E-state index >= 15 is 0 Å². The summed E-state index contributed by atoms with van der Waals surface area (Å²) in [4.78, 5) is 16.5. The van der Waals surface area contributed by atoms with Crippen LogP contribution in [-0.2, 0) is 6.42 Å². The second kappa shape index (κ2) is 6.60. The first-order chi connectivity index (χ1) is 11.2. The van der Waals surface area contributed by atoms with Gasteiger partial charge in [0.05, 0.1) is 21.5 Å². The molecule has 3 rings (SSSR count). The molecule has 0 aliphatic rings. The molecular formula is C14H9N5O2S2. The van der Waals surface area contributed by atoms with Crippen molar-refractivity contribution in [1.29, 1.82) is 5.26 Å². The zero-order valence-electron chi connectivity index (χ0n) is 11.6. The largest absolute Gasteiger partial charge is 0.284 e. The minimum Gasteiger partial charge on any atom is -0.262 e. The molecule has 1 aromatic carbocycles. The number of thiophene rings is 1. The number of hydrogen-bond acceptors (Lipinski definition) is 7. The quantitative estimate of drug-likeness (QED) is 0.562. The van der Waals surface area contributed by atoms with Crippen LogP contribution in [0.3, 0.4) is 0 Å². The Labute approximate surface area is 139 Å². The first kappa shape index (κ1) is 15.2. The average molecular weight is 343 g/mol. The van der Waals surface area contributed by atoms with Gasteiger partial charge in [-0.1, -0.05) is 6.07 Å². The molecule has 114 valence electrons. The highest BCUT2D eigenvalue weighted by Crippen LogP contribution is 2.33. The van der Waals surface area contributed by atoms with Crippen LogP contribution >= 0.6 is 23.1 Å². The highest BCUT2D eigenvalue weighted by atomic mass is 32.2. The van der Waals surface area contributed by atoms with Crippen molar-refractivity contribution in [3.05, 3.63) is 62.1 Å². The summed E-state index contributed by atoms with van der Waals surface area (Å²) in [5.41, 5.74) is 0.119. The number of nitrogens with zero attached hydrogens (tertiary/aromatic N) is 4. The maximum absolute atomic E-state index is 11.1. The lowest BCUT2D eigenvalue weighted by Crippen LogP contribution is -1.92. The lowest BCUT2D eigenvalue weighted by Gasteiger charge is -1.99. The molecule has 0 saturated heterocycles. The number of nitro groups is 1. The van der Waals surface area contributed by atoms with Gasteiger partial charge in [-0.2, -0.15) is 5.26 Å². The van der Waals surface area contributed by atoms with E-state index in [2.05, 4.69) is 15.2 Å². The van der Waals surface area contributed by atoms with Gasteiger partial charge in [0.2, 0.25) is 5.16 Å². The van der Waals surface area contributed by atoms with E-state index < -0.39 is 4.92 Å². The van der Waals surface area contributed by atoms with E-state index in [1.54, 1.807) is 11.3 Å². The number of benzene rings is 1. The molecule has 0 spiro atoms. The van der Waals surface area contributed by atoms with Crippen molar-refractivity contribution in [2.24, 2.45) is 0 Å². The van der Waals surface area contributed by atoms with Crippen LogP contribution in [0.25, 0.3) is 0 Å². The summed E-state index contributed by atoms with van der Waals surface area (Å²) in [5.74, 6) is 0.700. The van der Waals surface area contributed by atoms with Gasteiger partial charge in [-0.05, 0) is 35.3 Å². The second-order valence-electron chi connectivity index (χ2n) is 4.47. The number of hydrogen-bond donors (Lipinski definition) is 1. The average Bonchev–Trinajstić information content (AvgIpc) is 3.20. The van der Waals surface area contributed by atoms with Gasteiger partial charge in [0.1, 0.15) is 5.82 Å². The Hall–Kier alpha value is -2.70. The second-order valence-corrected chi connectivity index (χ2v) is 6.52. The summed E-state index contributed by atoms with van der Waals surface area (Å²) in [6.07, 6.45) is 0.640. The fourth-order valence-corrected chi connectivity index (χ4v) is 3.42. The van der Waals surface area contributed by atoms with Crippen LogP contribution in [0.1, 0.15) is 16.3 Å². The van der Waals surface area contributed by atoms with Gasteiger partial charge in [0.25, 0.3) is 5.69 Å². The molecule has 23 heavy (non-hydrogen) atoms. The molecule has 1 N–H and O–H groups in total. The standard InChI is InChI=1S/C14H9N5O2S2/c15-8-9-3-4-12(11(6-9)19(20)21)23-14-16-13(17-18-14)7-10-2-1-5-22-10/h1-6H,7H2,(H,16,17,18). The highest BCUT2D eigenvalue weighted by molar-refractivity contribution is 7.99. The SMILES string of the molecule is N#Cc1ccc(Sc2n[nH]c(Cc3cccs3)n2)c([N+](=O)[O-])c1. The van der Waals surface area contributed by atoms with E-state index in [9.17, 15) is 10.1 Å². The van der Waals surface area contributed by atoms with E-state index in [1.807, 2.05) is 23.6 Å². The normalized spacial score (nSPS) is 10.4. The Kier molecular flexibility index (Phi) is 4.36. The Morgan fingerprint density at radius 3 is 3.00 bits per heavy atom. The number of nitrogens with one attached hydrogen (secondary N) is 1. The number of nitro benzene ring substituents is 1. The van der Waals surface area contributed by atoms with E-state index in [0.717, 1.165) is 16.6 Å². The third-order valence-corrected chi connectivity index (χ3v) is 4.73. The van der Waals surface area contributed by atoms with Crippen LogP contribution in [0.2, 0.25) is 0 Å². The Morgan fingerprint density at radius 2 is 2.30 bits per heavy atom. The van der Waals surface area contributed by atoms with Crippen LogP contribution in [0, 0.1) is 21.4 Å². The molecule has 2 aromatic heterocycles. The van der Waals surface area contributed by atoms with Crippen molar-refractivity contribution in [1.82, 2.24) is 15.2 Å². The molecule has 3 aromatic rings. The molecule has 0 aliphatic carbocycles. The fraction of sp³-hybridized carbons (Fsp3) is 0.0714. The van der Waals surface area contributed by atoms with Crippen LogP contribution < -0.4 is 0 Å². The van der Waals surface area contributed by atoms with Gasteiger partial charge in [0.15, 0.2) is 0 Å². The van der Waals surface area contributed by atoms with Crippen LogP contribution in [0.15, 0.2) is 45.8 Å². The maximum Gasteiger partial charge on any atom is 0.284 e. The number of H-pyrrole nitrogens is 1. The number of aromatic amines is 1. The third-order valence-electron chi connectivity index (χ3n) is 2.92. The topological polar surface area (TPSA) is 108 Å². The zero-order valence-corrected chi connectivity index (χ0v) is 13.2. The number of nitriles is 1. The Bertz CT molecular complexity index is 883. The number of aromatic nitrogens is 3. The van der Waals surface area contributed by atoms with E-state index in [4.69, 9.17) is 5.26 Å². The van der Waals surface area contributed by atoms with Crippen molar-refractivity contribution >= 4 is 28.8 Å². The van der Waals surface area contributed by atoms with Crippen LogP contribution in [0.5, 0.6) is 0 Å². The number of rotatable bonds is 5. The van der Waals surface area contributed by atoms with Gasteiger partial charge < -0.3 is 0 Å².